The highest BCUT2D eigenvalue weighted by Gasteiger charge is 2.27. The number of para-hydroxylation sites is 1. The number of hydrogen-bond donors (Lipinski definition) is 0. The van der Waals surface area contributed by atoms with Crippen molar-refractivity contribution in [2.45, 2.75) is 57.5 Å². The van der Waals surface area contributed by atoms with E-state index in [1.807, 2.05) is 23.1 Å². The van der Waals surface area contributed by atoms with E-state index in [0.717, 1.165) is 42.6 Å². The van der Waals surface area contributed by atoms with E-state index < -0.39 is 0 Å². The summed E-state index contributed by atoms with van der Waals surface area (Å²) in [5, 5.41) is 1.34. The standard InChI is InChI=1S/C20H25ClN2O2S/c21-16-7-4-8-17-19(16)22-20(26-17)25-15-9-11-23(12-10-15)18(24)13-14-5-2-1-3-6-14/h4,7-8,14-15H,1-3,5-6,9-13H2. The Morgan fingerprint density at radius 1 is 1.19 bits per heavy atom. The summed E-state index contributed by atoms with van der Waals surface area (Å²) >= 11 is 7.73. The van der Waals surface area contributed by atoms with Gasteiger partial charge in [0.15, 0.2) is 0 Å². The number of rotatable bonds is 4. The van der Waals surface area contributed by atoms with Crippen molar-refractivity contribution in [2.24, 2.45) is 5.92 Å². The molecular weight excluding hydrogens is 368 g/mol. The van der Waals surface area contributed by atoms with E-state index in [0.29, 0.717) is 22.0 Å². The first-order chi connectivity index (χ1) is 12.7. The second-order valence-corrected chi connectivity index (χ2v) is 8.87. The highest BCUT2D eigenvalue weighted by atomic mass is 35.5. The molecule has 1 amide bonds. The number of aromatic nitrogens is 1. The van der Waals surface area contributed by atoms with Gasteiger partial charge in [-0.1, -0.05) is 48.3 Å². The van der Waals surface area contributed by atoms with Crippen molar-refractivity contribution >= 4 is 39.1 Å². The SMILES string of the molecule is O=C(CC1CCCCC1)N1CCC(Oc2nc3c(Cl)cccc3s2)CC1. The Labute approximate surface area is 163 Å². The van der Waals surface area contributed by atoms with Gasteiger partial charge < -0.3 is 9.64 Å². The lowest BCUT2D eigenvalue weighted by molar-refractivity contribution is -0.134. The maximum absolute atomic E-state index is 12.5. The van der Waals surface area contributed by atoms with Crippen LogP contribution >= 0.6 is 22.9 Å². The molecule has 2 fully saturated rings. The molecular formula is C20H25ClN2O2S. The maximum Gasteiger partial charge on any atom is 0.274 e. The number of nitrogens with zero attached hydrogens (tertiary/aromatic N) is 2. The van der Waals surface area contributed by atoms with Crippen LogP contribution in [0.4, 0.5) is 0 Å². The molecule has 1 aliphatic heterocycles. The van der Waals surface area contributed by atoms with Crippen LogP contribution in [0.25, 0.3) is 10.2 Å². The molecule has 1 aromatic heterocycles. The third kappa shape index (κ3) is 4.15. The summed E-state index contributed by atoms with van der Waals surface area (Å²) in [6, 6.07) is 5.80. The summed E-state index contributed by atoms with van der Waals surface area (Å²) in [6.45, 7) is 1.59. The quantitative estimate of drug-likeness (QED) is 0.709. The largest absolute Gasteiger partial charge is 0.467 e. The van der Waals surface area contributed by atoms with Gasteiger partial charge in [-0.15, -0.1) is 0 Å². The van der Waals surface area contributed by atoms with E-state index in [1.165, 1.54) is 43.4 Å². The molecule has 0 radical (unpaired) electrons. The molecule has 26 heavy (non-hydrogen) atoms. The van der Waals surface area contributed by atoms with Crippen LogP contribution in [0.3, 0.4) is 0 Å². The Hall–Kier alpha value is -1.33. The van der Waals surface area contributed by atoms with Crippen LogP contribution in [0.1, 0.15) is 51.4 Å². The summed E-state index contributed by atoms with van der Waals surface area (Å²) in [4.78, 5) is 19.1. The van der Waals surface area contributed by atoms with E-state index >= 15 is 0 Å². The first-order valence-electron chi connectivity index (χ1n) is 9.68. The van der Waals surface area contributed by atoms with Crippen LogP contribution in [0.2, 0.25) is 5.02 Å². The first-order valence-corrected chi connectivity index (χ1v) is 10.9. The van der Waals surface area contributed by atoms with Gasteiger partial charge in [0.1, 0.15) is 11.6 Å². The molecule has 140 valence electrons. The molecule has 0 spiro atoms. The Morgan fingerprint density at radius 3 is 2.69 bits per heavy atom. The zero-order valence-corrected chi connectivity index (χ0v) is 16.5. The minimum absolute atomic E-state index is 0.132. The van der Waals surface area contributed by atoms with E-state index in [2.05, 4.69) is 4.98 Å². The topological polar surface area (TPSA) is 42.4 Å². The number of thiazole rings is 1. The zero-order chi connectivity index (χ0) is 17.9. The summed E-state index contributed by atoms with van der Waals surface area (Å²) in [6.07, 6.45) is 9.00. The summed E-state index contributed by atoms with van der Waals surface area (Å²) in [7, 11) is 0. The summed E-state index contributed by atoms with van der Waals surface area (Å²) < 4.78 is 7.13. The Kier molecular flexibility index (Phi) is 5.65. The average Bonchev–Trinajstić information content (AvgIpc) is 3.07. The van der Waals surface area contributed by atoms with Gasteiger partial charge >= 0.3 is 0 Å². The highest BCUT2D eigenvalue weighted by molar-refractivity contribution is 7.20. The van der Waals surface area contributed by atoms with Crippen LogP contribution in [-0.4, -0.2) is 35.0 Å². The number of fused-ring (bicyclic) bond motifs is 1. The molecule has 1 aromatic carbocycles. The van der Waals surface area contributed by atoms with Gasteiger partial charge in [0.05, 0.1) is 9.72 Å². The second kappa shape index (κ2) is 8.13. The monoisotopic (exact) mass is 392 g/mol. The number of ether oxygens (including phenoxy) is 1. The van der Waals surface area contributed by atoms with Crippen molar-refractivity contribution in [2.75, 3.05) is 13.1 Å². The smallest absolute Gasteiger partial charge is 0.274 e. The molecule has 6 heteroatoms. The fourth-order valence-electron chi connectivity index (χ4n) is 4.08. The predicted molar refractivity (Wildman–Crippen MR) is 106 cm³/mol. The normalized spacial score (nSPS) is 19.8. The van der Waals surface area contributed by atoms with Crippen molar-refractivity contribution in [1.82, 2.24) is 9.88 Å². The molecule has 1 saturated heterocycles. The average molecular weight is 393 g/mol. The Balaban J connectivity index is 1.28. The van der Waals surface area contributed by atoms with Gasteiger partial charge in [-0.2, -0.15) is 0 Å². The van der Waals surface area contributed by atoms with Gasteiger partial charge in [0.2, 0.25) is 5.91 Å². The van der Waals surface area contributed by atoms with E-state index in [1.54, 1.807) is 0 Å². The molecule has 0 unspecified atom stereocenters. The van der Waals surface area contributed by atoms with Gasteiger partial charge in [-0.3, -0.25) is 4.79 Å². The number of carbonyl (C=O) groups is 1. The molecule has 2 heterocycles. The van der Waals surface area contributed by atoms with Crippen LogP contribution < -0.4 is 4.74 Å². The van der Waals surface area contributed by atoms with Crippen molar-refractivity contribution in [3.63, 3.8) is 0 Å². The molecule has 4 nitrogen and oxygen atoms in total. The number of hydrogen-bond acceptors (Lipinski definition) is 4. The molecule has 2 aromatic rings. The number of piperidine rings is 1. The third-order valence-electron chi connectivity index (χ3n) is 5.60. The van der Waals surface area contributed by atoms with Gasteiger partial charge in [0, 0.05) is 32.4 Å². The van der Waals surface area contributed by atoms with Crippen molar-refractivity contribution in [3.8, 4) is 5.19 Å². The third-order valence-corrected chi connectivity index (χ3v) is 6.82. The molecule has 1 aliphatic carbocycles. The van der Waals surface area contributed by atoms with Crippen LogP contribution in [0.5, 0.6) is 5.19 Å². The first kappa shape index (κ1) is 18.1. The molecule has 2 aliphatic rings. The van der Waals surface area contributed by atoms with Gasteiger partial charge in [-0.05, 0) is 30.9 Å². The number of amides is 1. The predicted octanol–water partition coefficient (Wildman–Crippen LogP) is 5.29. The summed E-state index contributed by atoms with van der Waals surface area (Å²) in [5.74, 6) is 0.944. The van der Waals surface area contributed by atoms with E-state index in [4.69, 9.17) is 16.3 Å². The lowest BCUT2D eigenvalue weighted by Gasteiger charge is -2.33. The fraction of sp³-hybridized carbons (Fsp3) is 0.600. The number of benzene rings is 1. The van der Waals surface area contributed by atoms with Crippen molar-refractivity contribution in [3.05, 3.63) is 23.2 Å². The Bertz CT molecular complexity index is 764. The minimum Gasteiger partial charge on any atom is -0.467 e. The van der Waals surface area contributed by atoms with Crippen molar-refractivity contribution in [1.29, 1.82) is 0 Å². The van der Waals surface area contributed by atoms with Crippen molar-refractivity contribution < 1.29 is 9.53 Å². The Morgan fingerprint density at radius 2 is 1.96 bits per heavy atom. The molecule has 1 saturated carbocycles. The molecule has 0 N–H and O–H groups in total. The zero-order valence-electron chi connectivity index (χ0n) is 15.0. The lowest BCUT2D eigenvalue weighted by atomic mass is 9.86. The lowest BCUT2D eigenvalue weighted by Crippen LogP contribution is -2.42. The number of carbonyl (C=O) groups excluding carboxylic acids is 1. The van der Waals surface area contributed by atoms with Gasteiger partial charge in [-0.25, -0.2) is 4.98 Å². The summed E-state index contributed by atoms with van der Waals surface area (Å²) in [5.41, 5.74) is 0.814. The molecule has 4 rings (SSSR count). The molecule has 0 bridgehead atoms. The van der Waals surface area contributed by atoms with E-state index in [9.17, 15) is 4.79 Å². The van der Waals surface area contributed by atoms with Crippen LogP contribution in [-0.2, 0) is 4.79 Å². The number of likely N-dealkylation sites (tertiary alicyclic amines) is 1. The van der Waals surface area contributed by atoms with Gasteiger partial charge in [0.25, 0.3) is 5.19 Å². The maximum atomic E-state index is 12.5. The minimum atomic E-state index is 0.132. The highest BCUT2D eigenvalue weighted by Crippen LogP contribution is 2.33. The second-order valence-electron chi connectivity index (χ2n) is 7.47. The van der Waals surface area contributed by atoms with Crippen LogP contribution in [0.15, 0.2) is 18.2 Å². The fourth-order valence-corrected chi connectivity index (χ4v) is 5.26. The van der Waals surface area contributed by atoms with E-state index in [-0.39, 0.29) is 6.10 Å². The molecule has 0 atom stereocenters. The number of halogens is 1. The van der Waals surface area contributed by atoms with Crippen LogP contribution in [0, 0.1) is 5.92 Å².